The fraction of sp³-hybridized carbons (Fsp3) is 1.00. The fourth-order valence-electron chi connectivity index (χ4n) is 0.250. The molecule has 146 valence electrons. The lowest BCUT2D eigenvalue weighted by molar-refractivity contribution is 0.403. The maximum atomic E-state index is 8.70. The second-order valence-electron chi connectivity index (χ2n) is 3.00. The van der Waals surface area contributed by atoms with Gasteiger partial charge in [-0.15, -0.1) is 39.1 Å². The van der Waals surface area contributed by atoms with Crippen molar-refractivity contribution in [3.63, 3.8) is 0 Å². The molecule has 0 aromatic rings. The van der Waals surface area contributed by atoms with Crippen molar-refractivity contribution in [2.24, 2.45) is 11.5 Å². The van der Waals surface area contributed by atoms with E-state index in [-0.39, 0.29) is 0 Å². The molecule has 0 spiro atoms. The smallest absolute Gasteiger partial charge is 0.329 e. The zero-order chi connectivity index (χ0) is 20.6. The summed E-state index contributed by atoms with van der Waals surface area (Å²) in [6, 6.07) is 0. The molecule has 1 aliphatic rings. The van der Waals surface area contributed by atoms with Gasteiger partial charge in [0, 0.05) is 31.3 Å². The SMILES string of the molecule is C1CCC1.NCCN.O=[P+](O)O.O=[P+](O)O.O=[P+](O)O.O=[P+](O)O. The summed E-state index contributed by atoms with van der Waals surface area (Å²) in [7, 11) is -11.5. The molecule has 0 aromatic heterocycles. The number of hydrogen-bond donors (Lipinski definition) is 10. The van der Waals surface area contributed by atoms with Crippen molar-refractivity contribution in [3.05, 3.63) is 0 Å². The predicted molar refractivity (Wildman–Crippen MR) is 84.8 cm³/mol. The summed E-state index contributed by atoms with van der Waals surface area (Å²) in [6.07, 6.45) is 6.00. The van der Waals surface area contributed by atoms with E-state index in [1.54, 1.807) is 0 Å². The number of rotatable bonds is 1. The van der Waals surface area contributed by atoms with E-state index in [0.29, 0.717) is 13.1 Å². The van der Waals surface area contributed by atoms with Crippen molar-refractivity contribution < 1.29 is 57.4 Å². The first-order valence-corrected chi connectivity index (χ1v) is 10.3. The average Bonchev–Trinajstić information content (AvgIpc) is 2.22. The van der Waals surface area contributed by atoms with Crippen LogP contribution in [0.2, 0.25) is 0 Å². The molecule has 0 bridgehead atoms. The van der Waals surface area contributed by atoms with Gasteiger partial charge in [0.15, 0.2) is 0 Å². The van der Waals surface area contributed by atoms with E-state index < -0.39 is 33.0 Å². The molecule has 1 saturated carbocycles. The van der Waals surface area contributed by atoms with Crippen LogP contribution in [0.5, 0.6) is 0 Å². The van der Waals surface area contributed by atoms with Crippen LogP contribution in [0.4, 0.5) is 0 Å². The fourth-order valence-corrected chi connectivity index (χ4v) is 0.250. The average molecular weight is 440 g/mol. The summed E-state index contributed by atoms with van der Waals surface area (Å²) < 4.78 is 34.8. The van der Waals surface area contributed by atoms with E-state index in [9.17, 15) is 0 Å². The van der Waals surface area contributed by atoms with E-state index in [0.717, 1.165) is 0 Å². The van der Waals surface area contributed by atoms with Crippen LogP contribution in [0.15, 0.2) is 0 Å². The highest BCUT2D eigenvalue weighted by Crippen LogP contribution is 2.15. The Labute approximate surface area is 141 Å². The second kappa shape index (κ2) is 34.4. The standard InChI is InChI=1S/C4H8.C2H8N2.4HO3P/c1-2-4-3-1;3-1-2-4;4*1-4(2)3/h2*1-4H2;4*(H-,1,2,3)/p+4. The quantitative estimate of drug-likeness (QED) is 0.218. The molecular weight excluding hydrogens is 416 g/mol. The third kappa shape index (κ3) is 388. The van der Waals surface area contributed by atoms with Crippen molar-refractivity contribution in [1.29, 1.82) is 0 Å². The molecule has 0 saturated heterocycles. The minimum atomic E-state index is -2.87. The monoisotopic (exact) mass is 440 g/mol. The maximum absolute atomic E-state index is 8.70. The van der Waals surface area contributed by atoms with Crippen molar-refractivity contribution in [2.75, 3.05) is 13.1 Å². The normalized spacial score (nSPS) is 9.58. The molecule has 24 heavy (non-hydrogen) atoms. The van der Waals surface area contributed by atoms with E-state index in [1.165, 1.54) is 25.7 Å². The molecule has 0 radical (unpaired) electrons. The summed E-state index contributed by atoms with van der Waals surface area (Å²) >= 11 is 0. The minimum Gasteiger partial charge on any atom is -0.329 e. The lowest BCUT2D eigenvalue weighted by atomic mass is 10.0. The minimum absolute atomic E-state index is 0.597. The van der Waals surface area contributed by atoms with Gasteiger partial charge in [-0.3, -0.25) is 0 Å². The third-order valence-corrected chi connectivity index (χ3v) is 1.17. The van der Waals surface area contributed by atoms with Crippen LogP contribution in [0, 0.1) is 0 Å². The second-order valence-corrected chi connectivity index (χ2v) is 5.02. The van der Waals surface area contributed by atoms with Crippen molar-refractivity contribution in [3.8, 4) is 0 Å². The van der Waals surface area contributed by atoms with Crippen molar-refractivity contribution in [1.82, 2.24) is 0 Å². The van der Waals surface area contributed by atoms with Crippen LogP contribution in [-0.4, -0.2) is 52.2 Å². The summed E-state index contributed by atoms with van der Waals surface area (Å²) in [6.45, 7) is 1.19. The molecule has 1 aliphatic carbocycles. The molecule has 0 unspecified atom stereocenters. The Kier molecular flexibility index (Phi) is 50.3. The van der Waals surface area contributed by atoms with Crippen LogP contribution in [0.3, 0.4) is 0 Å². The molecule has 18 heteroatoms. The van der Waals surface area contributed by atoms with Gasteiger partial charge >= 0.3 is 33.0 Å². The highest BCUT2D eigenvalue weighted by molar-refractivity contribution is 7.31. The van der Waals surface area contributed by atoms with Crippen LogP contribution in [0.1, 0.15) is 25.7 Å². The van der Waals surface area contributed by atoms with Crippen molar-refractivity contribution >= 4 is 33.0 Å². The summed E-state index contributed by atoms with van der Waals surface area (Å²) in [5, 5.41) is 0. The molecule has 14 nitrogen and oxygen atoms in total. The lowest BCUT2D eigenvalue weighted by Crippen LogP contribution is -2.11. The molecule has 0 atom stereocenters. The predicted octanol–water partition coefficient (Wildman–Crippen LogP) is -1.02. The van der Waals surface area contributed by atoms with E-state index in [2.05, 4.69) is 0 Å². The zero-order valence-corrected chi connectivity index (χ0v) is 16.0. The summed E-state index contributed by atoms with van der Waals surface area (Å²) in [5.74, 6) is 0. The molecule has 1 fully saturated rings. The zero-order valence-electron chi connectivity index (χ0n) is 12.4. The van der Waals surface area contributed by atoms with Gasteiger partial charge < -0.3 is 11.5 Å². The van der Waals surface area contributed by atoms with Gasteiger partial charge in [-0.2, -0.15) is 0 Å². The van der Waals surface area contributed by atoms with Crippen LogP contribution in [0.25, 0.3) is 0 Å². The Morgan fingerprint density at radius 2 is 0.583 bits per heavy atom. The Morgan fingerprint density at radius 3 is 0.583 bits per heavy atom. The van der Waals surface area contributed by atoms with Gasteiger partial charge in [0.2, 0.25) is 0 Å². The highest BCUT2D eigenvalue weighted by Gasteiger charge is 1.95. The van der Waals surface area contributed by atoms with Gasteiger partial charge in [0.05, 0.1) is 0 Å². The molecular formula is C6H24N2O12P4+4. The van der Waals surface area contributed by atoms with Crippen molar-refractivity contribution in [2.45, 2.75) is 25.7 Å². The number of hydrogen-bond acceptors (Lipinski definition) is 6. The molecule has 1 rings (SSSR count). The van der Waals surface area contributed by atoms with Gasteiger partial charge in [0.25, 0.3) is 0 Å². The van der Waals surface area contributed by atoms with E-state index in [4.69, 9.17) is 68.9 Å². The lowest BCUT2D eigenvalue weighted by Gasteiger charge is -2.05. The molecule has 0 amide bonds. The van der Waals surface area contributed by atoms with E-state index in [1.807, 2.05) is 0 Å². The largest absolute Gasteiger partial charge is 0.692 e. The Hall–Kier alpha value is -0.000000000000000153. The Bertz CT molecular complexity index is 246. The first-order chi connectivity index (χ1) is 10.8. The first-order valence-electron chi connectivity index (χ1n) is 5.65. The topological polar surface area (TPSA) is 282 Å². The maximum Gasteiger partial charge on any atom is 0.692 e. The molecule has 0 heterocycles. The van der Waals surface area contributed by atoms with Crippen LogP contribution >= 0.6 is 33.0 Å². The van der Waals surface area contributed by atoms with Gasteiger partial charge in [-0.05, 0) is 0 Å². The Morgan fingerprint density at radius 1 is 0.500 bits per heavy atom. The Balaban J connectivity index is -0.0000000602. The summed E-state index contributed by atoms with van der Waals surface area (Å²) in [5.41, 5.74) is 9.81. The summed E-state index contributed by atoms with van der Waals surface area (Å²) in [4.78, 5) is 57.0. The van der Waals surface area contributed by atoms with Gasteiger partial charge in [-0.1, -0.05) is 25.7 Å². The highest BCUT2D eigenvalue weighted by atomic mass is 31.1. The molecule has 0 aromatic carbocycles. The molecule has 0 aliphatic heterocycles. The molecule has 12 N–H and O–H groups in total. The first kappa shape index (κ1) is 35.2. The third-order valence-electron chi connectivity index (χ3n) is 1.17. The van der Waals surface area contributed by atoms with E-state index >= 15 is 0 Å². The van der Waals surface area contributed by atoms with Crippen LogP contribution in [-0.2, 0) is 18.3 Å². The van der Waals surface area contributed by atoms with Crippen LogP contribution < -0.4 is 11.5 Å². The number of nitrogens with two attached hydrogens (primary N) is 2. The van der Waals surface area contributed by atoms with Gasteiger partial charge in [0.1, 0.15) is 0 Å². The van der Waals surface area contributed by atoms with Gasteiger partial charge in [-0.25, -0.2) is 0 Å².